The van der Waals surface area contributed by atoms with E-state index >= 15 is 4.39 Å². The molecule has 12 rings (SSSR count). The number of fused-ring (bicyclic) bond motifs is 7. The lowest BCUT2D eigenvalue weighted by Gasteiger charge is -2.17. The van der Waals surface area contributed by atoms with Crippen LogP contribution < -0.4 is 0 Å². The van der Waals surface area contributed by atoms with Gasteiger partial charge in [-0.2, -0.15) is 9.97 Å². The van der Waals surface area contributed by atoms with E-state index in [9.17, 15) is 5.11 Å². The van der Waals surface area contributed by atoms with E-state index in [1.54, 1.807) is 18.2 Å². The lowest BCUT2D eigenvalue weighted by molar-refractivity contribution is 0.477. The molecule has 9 aromatic carbocycles. The van der Waals surface area contributed by atoms with Crippen molar-refractivity contribution in [3.63, 3.8) is 0 Å². The van der Waals surface area contributed by atoms with Crippen LogP contribution in [-0.4, -0.2) is 29.2 Å². The molecule has 0 atom stereocenters. The molecule has 0 unspecified atom stereocenters. The van der Waals surface area contributed by atoms with Gasteiger partial charge in [0.2, 0.25) is 5.95 Å². The highest BCUT2D eigenvalue weighted by molar-refractivity contribution is 6.23. The van der Waals surface area contributed by atoms with Gasteiger partial charge in [0.1, 0.15) is 11.6 Å². The van der Waals surface area contributed by atoms with E-state index in [0.717, 1.165) is 71.6 Å². The topological polar surface area (TPSA) is 68.8 Å². The molecule has 0 aliphatic heterocycles. The monoisotopic (exact) mass is 825 g/mol. The molecule has 302 valence electrons. The summed E-state index contributed by atoms with van der Waals surface area (Å²) in [6, 6.07) is 70.0. The summed E-state index contributed by atoms with van der Waals surface area (Å²) in [5, 5.41) is 15.9. The highest BCUT2D eigenvalue weighted by Gasteiger charge is 2.26. The molecular formula is C57H36FN5O. The van der Waals surface area contributed by atoms with Crippen molar-refractivity contribution in [2.75, 3.05) is 0 Å². The van der Waals surface area contributed by atoms with E-state index in [1.807, 2.05) is 84.9 Å². The Morgan fingerprint density at radius 1 is 0.359 bits per heavy atom. The van der Waals surface area contributed by atoms with Crippen molar-refractivity contribution in [1.82, 2.24) is 24.1 Å². The number of halogens is 1. The minimum absolute atomic E-state index is 0.0558. The molecule has 12 aromatic rings. The minimum Gasteiger partial charge on any atom is -0.507 e. The molecule has 1 N–H and O–H groups in total. The van der Waals surface area contributed by atoms with Crippen LogP contribution in [0, 0.1) is 5.82 Å². The quantitative estimate of drug-likeness (QED) is 0.174. The summed E-state index contributed by atoms with van der Waals surface area (Å²) in [5.74, 6) is 0.484. The zero-order valence-electron chi connectivity index (χ0n) is 34.3. The van der Waals surface area contributed by atoms with Crippen LogP contribution in [0.1, 0.15) is 0 Å². The van der Waals surface area contributed by atoms with Crippen molar-refractivity contribution in [2.24, 2.45) is 0 Å². The normalized spacial score (nSPS) is 11.6. The molecule has 6 nitrogen and oxygen atoms in total. The van der Waals surface area contributed by atoms with Gasteiger partial charge in [-0.25, -0.2) is 9.37 Å². The van der Waals surface area contributed by atoms with E-state index in [1.165, 1.54) is 6.07 Å². The van der Waals surface area contributed by atoms with Crippen molar-refractivity contribution >= 4 is 43.6 Å². The summed E-state index contributed by atoms with van der Waals surface area (Å²) in [5.41, 5.74) is 10.4. The largest absolute Gasteiger partial charge is 0.507 e. The zero-order chi connectivity index (χ0) is 42.7. The van der Waals surface area contributed by atoms with Crippen LogP contribution in [-0.2, 0) is 0 Å². The van der Waals surface area contributed by atoms with E-state index in [-0.39, 0.29) is 17.1 Å². The van der Waals surface area contributed by atoms with Crippen LogP contribution >= 0.6 is 0 Å². The molecule has 7 heteroatoms. The number of aromatic hydroxyl groups is 1. The van der Waals surface area contributed by atoms with Gasteiger partial charge in [0.25, 0.3) is 0 Å². The fourth-order valence-electron chi connectivity index (χ4n) is 9.34. The number of benzene rings is 9. The first kappa shape index (κ1) is 37.1. The van der Waals surface area contributed by atoms with Crippen LogP contribution in [0.5, 0.6) is 5.75 Å². The smallest absolute Gasteiger partial charge is 0.238 e. The van der Waals surface area contributed by atoms with Gasteiger partial charge in [-0.05, 0) is 58.7 Å². The van der Waals surface area contributed by atoms with Crippen LogP contribution in [0.2, 0.25) is 0 Å². The number of phenolic OH excluding ortho intramolecular Hbond substituents is 1. The fraction of sp³-hybridized carbons (Fsp3) is 0. The number of aromatic nitrogens is 5. The molecule has 0 fully saturated rings. The molecular weight excluding hydrogens is 790 g/mol. The number of hydrogen-bond acceptors (Lipinski definition) is 4. The van der Waals surface area contributed by atoms with Crippen molar-refractivity contribution in [3.8, 4) is 73.5 Å². The van der Waals surface area contributed by atoms with Crippen molar-refractivity contribution in [3.05, 3.63) is 218 Å². The van der Waals surface area contributed by atoms with Gasteiger partial charge in [-0.3, -0.25) is 4.57 Å². The summed E-state index contributed by atoms with van der Waals surface area (Å²) in [6.07, 6.45) is 0. The summed E-state index contributed by atoms with van der Waals surface area (Å²) >= 11 is 0. The molecule has 0 aliphatic rings. The Labute approximate surface area is 367 Å². The fourth-order valence-corrected chi connectivity index (χ4v) is 9.34. The molecule has 0 saturated heterocycles. The molecule has 0 spiro atoms. The molecule has 3 aromatic heterocycles. The van der Waals surface area contributed by atoms with Crippen molar-refractivity contribution < 1.29 is 9.50 Å². The Bertz CT molecular complexity index is 3730. The Kier molecular flexibility index (Phi) is 8.72. The highest BCUT2D eigenvalue weighted by atomic mass is 19.1. The van der Waals surface area contributed by atoms with Crippen LogP contribution in [0.4, 0.5) is 4.39 Å². The van der Waals surface area contributed by atoms with Crippen LogP contribution in [0.25, 0.3) is 111 Å². The Hall–Kier alpha value is -8.68. The standard InChI is InChI=1S/C57H36FN5O/c58-47-26-14-25-46(51(47)52-41(24-15-29-50(52)64)38-18-6-2-7-19-38)56-59-55(39-20-8-3-9-21-39)60-57(61-56)63-49-28-13-11-23-43(49)45-35-34-44-42-22-10-12-27-48(42)62(53(44)54(45)63)40-32-30-37(31-33-40)36-16-4-1-5-17-36/h1-35,64H. The third kappa shape index (κ3) is 5.97. The third-order valence-electron chi connectivity index (χ3n) is 12.2. The Morgan fingerprint density at radius 3 is 1.55 bits per heavy atom. The maximum Gasteiger partial charge on any atom is 0.238 e. The second-order valence-electron chi connectivity index (χ2n) is 15.9. The first-order chi connectivity index (χ1) is 31.6. The summed E-state index contributed by atoms with van der Waals surface area (Å²) in [6.45, 7) is 0. The number of nitrogens with zero attached hydrogens (tertiary/aromatic N) is 5. The van der Waals surface area contributed by atoms with Crippen molar-refractivity contribution in [1.29, 1.82) is 0 Å². The number of rotatable bonds is 7. The molecule has 64 heavy (non-hydrogen) atoms. The second-order valence-corrected chi connectivity index (χ2v) is 15.9. The number of para-hydroxylation sites is 2. The second kappa shape index (κ2) is 15.0. The minimum atomic E-state index is -0.513. The van der Waals surface area contributed by atoms with Crippen LogP contribution in [0.3, 0.4) is 0 Å². The summed E-state index contributed by atoms with van der Waals surface area (Å²) in [4.78, 5) is 15.7. The number of hydrogen-bond donors (Lipinski definition) is 1. The van der Waals surface area contributed by atoms with Gasteiger partial charge >= 0.3 is 0 Å². The maximum atomic E-state index is 16.7. The van der Waals surface area contributed by atoms with Crippen LogP contribution in [0.15, 0.2) is 212 Å². The van der Waals surface area contributed by atoms with E-state index in [2.05, 4.69) is 112 Å². The van der Waals surface area contributed by atoms with E-state index < -0.39 is 5.82 Å². The number of phenols is 1. The van der Waals surface area contributed by atoms with Gasteiger partial charge in [0, 0.05) is 49.5 Å². The van der Waals surface area contributed by atoms with Gasteiger partial charge in [-0.1, -0.05) is 176 Å². The first-order valence-electron chi connectivity index (χ1n) is 21.2. The average Bonchev–Trinajstić information content (AvgIpc) is 3.88. The summed E-state index contributed by atoms with van der Waals surface area (Å²) < 4.78 is 21.2. The molecule has 3 heterocycles. The lowest BCUT2D eigenvalue weighted by Crippen LogP contribution is -2.08. The molecule has 0 aliphatic carbocycles. The van der Waals surface area contributed by atoms with Gasteiger partial charge in [-0.15, -0.1) is 0 Å². The zero-order valence-corrected chi connectivity index (χ0v) is 34.3. The average molecular weight is 826 g/mol. The SMILES string of the molecule is Oc1cccc(-c2ccccc2)c1-c1c(F)cccc1-c1nc(-c2ccccc2)nc(-n2c3ccccc3c3ccc4c5ccccc5n(-c5ccc(-c6ccccc6)cc5)c4c32)n1. The lowest BCUT2D eigenvalue weighted by atomic mass is 9.90. The van der Waals surface area contributed by atoms with Gasteiger partial charge in [0.15, 0.2) is 11.6 Å². The van der Waals surface area contributed by atoms with Crippen molar-refractivity contribution in [2.45, 2.75) is 0 Å². The highest BCUT2D eigenvalue weighted by Crippen LogP contribution is 2.45. The van der Waals surface area contributed by atoms with E-state index in [4.69, 9.17) is 15.0 Å². The third-order valence-corrected chi connectivity index (χ3v) is 12.2. The predicted molar refractivity (Wildman–Crippen MR) is 257 cm³/mol. The maximum absolute atomic E-state index is 16.7. The predicted octanol–water partition coefficient (Wildman–Crippen LogP) is 14.2. The molecule has 0 saturated carbocycles. The Balaban J connectivity index is 1.17. The first-order valence-corrected chi connectivity index (χ1v) is 21.2. The van der Waals surface area contributed by atoms with Gasteiger partial charge in [0.05, 0.1) is 22.1 Å². The molecule has 0 radical (unpaired) electrons. The summed E-state index contributed by atoms with van der Waals surface area (Å²) in [7, 11) is 0. The van der Waals surface area contributed by atoms with Gasteiger partial charge < -0.3 is 9.67 Å². The Morgan fingerprint density at radius 2 is 0.875 bits per heavy atom. The molecule has 0 bridgehead atoms. The molecule has 0 amide bonds. The van der Waals surface area contributed by atoms with E-state index in [0.29, 0.717) is 28.5 Å².